The molecule has 0 spiro atoms. The Morgan fingerprint density at radius 2 is 2.29 bits per heavy atom. The molecule has 21 heavy (non-hydrogen) atoms. The van der Waals surface area contributed by atoms with Gasteiger partial charge in [0.15, 0.2) is 0 Å². The molecule has 112 valence electrons. The van der Waals surface area contributed by atoms with Gasteiger partial charge in [-0.15, -0.1) is 0 Å². The van der Waals surface area contributed by atoms with E-state index in [0.717, 1.165) is 5.69 Å². The van der Waals surface area contributed by atoms with Crippen molar-refractivity contribution in [3.05, 3.63) is 36.2 Å². The Labute approximate surface area is 122 Å². The molecular formula is C14H18N4O3. The molecule has 1 aromatic carbocycles. The second-order valence-electron chi connectivity index (χ2n) is 4.45. The summed E-state index contributed by atoms with van der Waals surface area (Å²) in [6.07, 6.45) is 3.35. The Bertz CT molecular complexity index is 624. The number of nitrogens with one attached hydrogen (secondary N) is 2. The van der Waals surface area contributed by atoms with Gasteiger partial charge in [-0.3, -0.25) is 9.48 Å². The topological polar surface area (TPSA) is 88.4 Å². The maximum atomic E-state index is 11.2. The molecule has 0 bridgehead atoms. The van der Waals surface area contributed by atoms with Gasteiger partial charge in [-0.05, 0) is 18.2 Å². The van der Waals surface area contributed by atoms with Crippen molar-refractivity contribution in [2.75, 3.05) is 19.5 Å². The smallest absolute Gasteiger partial charge is 0.241 e. The van der Waals surface area contributed by atoms with Gasteiger partial charge in [0.25, 0.3) is 0 Å². The Hall–Kier alpha value is -2.70. The number of anilines is 1. The van der Waals surface area contributed by atoms with Crippen LogP contribution in [0, 0.1) is 0 Å². The summed E-state index contributed by atoms with van der Waals surface area (Å²) in [5.74, 6) is 0.760. The third-order valence-corrected chi connectivity index (χ3v) is 2.99. The molecule has 1 aromatic heterocycles. The lowest BCUT2D eigenvalue weighted by atomic mass is 10.2. The van der Waals surface area contributed by atoms with Crippen LogP contribution in [0.25, 0.3) is 0 Å². The van der Waals surface area contributed by atoms with E-state index in [9.17, 15) is 9.90 Å². The number of aromatic hydroxyl groups is 1. The number of carbonyl (C=O) groups is 1. The van der Waals surface area contributed by atoms with Crippen molar-refractivity contribution < 1.29 is 14.6 Å². The zero-order valence-corrected chi connectivity index (χ0v) is 12.0. The molecular weight excluding hydrogens is 272 g/mol. The van der Waals surface area contributed by atoms with Crippen LogP contribution in [0.15, 0.2) is 30.6 Å². The molecule has 0 saturated heterocycles. The highest BCUT2D eigenvalue weighted by atomic mass is 16.5. The number of likely N-dealkylation sites (N-methyl/N-ethyl adjacent to an activating group) is 1. The van der Waals surface area contributed by atoms with Gasteiger partial charge in [0.05, 0.1) is 19.0 Å². The van der Waals surface area contributed by atoms with Crippen LogP contribution in [0.4, 0.5) is 5.69 Å². The van der Waals surface area contributed by atoms with Crippen molar-refractivity contribution in [2.45, 2.75) is 13.1 Å². The van der Waals surface area contributed by atoms with Crippen LogP contribution in [0.1, 0.15) is 5.56 Å². The number of aromatic nitrogens is 2. The molecule has 0 aliphatic heterocycles. The number of rotatable bonds is 6. The zero-order chi connectivity index (χ0) is 15.2. The van der Waals surface area contributed by atoms with E-state index in [2.05, 4.69) is 15.7 Å². The van der Waals surface area contributed by atoms with E-state index in [1.54, 1.807) is 44.8 Å². The fraction of sp³-hybridized carbons (Fsp3) is 0.286. The molecule has 0 unspecified atom stereocenters. The molecule has 7 nitrogen and oxygen atoms in total. The lowest BCUT2D eigenvalue weighted by molar-refractivity contribution is -0.121. The molecule has 3 N–H and O–H groups in total. The number of ether oxygens (including phenoxy) is 1. The van der Waals surface area contributed by atoms with Crippen molar-refractivity contribution in [1.29, 1.82) is 0 Å². The Balaban J connectivity index is 1.98. The third kappa shape index (κ3) is 3.88. The Morgan fingerprint density at radius 3 is 3.00 bits per heavy atom. The number of carbonyl (C=O) groups excluding carboxylic acids is 1. The van der Waals surface area contributed by atoms with Gasteiger partial charge < -0.3 is 20.5 Å². The molecule has 0 radical (unpaired) electrons. The molecule has 0 atom stereocenters. The number of hydrogen-bond donors (Lipinski definition) is 3. The van der Waals surface area contributed by atoms with Gasteiger partial charge in [0, 0.05) is 25.4 Å². The molecule has 0 aliphatic carbocycles. The summed E-state index contributed by atoms with van der Waals surface area (Å²) < 4.78 is 6.66. The van der Waals surface area contributed by atoms with Crippen LogP contribution in [-0.4, -0.2) is 35.0 Å². The number of phenolic OH excluding ortho intramolecular Hbond substituents is 1. The second kappa shape index (κ2) is 6.65. The zero-order valence-electron chi connectivity index (χ0n) is 12.0. The maximum absolute atomic E-state index is 11.2. The first kappa shape index (κ1) is 14.7. The SMILES string of the molecule is CNC(=O)Cn1cc(NCc2cc(OC)ccc2O)cn1. The minimum Gasteiger partial charge on any atom is -0.508 e. The molecule has 0 saturated carbocycles. The lowest BCUT2D eigenvalue weighted by Gasteiger charge is -2.08. The standard InChI is InChI=1S/C14H18N4O3/c1-15-14(20)9-18-8-11(7-17-18)16-6-10-5-12(21-2)3-4-13(10)19/h3-5,7-8,16,19H,6,9H2,1-2H3,(H,15,20). The van der Waals surface area contributed by atoms with E-state index < -0.39 is 0 Å². The average molecular weight is 290 g/mol. The van der Waals surface area contributed by atoms with E-state index >= 15 is 0 Å². The molecule has 1 amide bonds. The van der Waals surface area contributed by atoms with E-state index in [4.69, 9.17) is 4.74 Å². The second-order valence-corrected chi connectivity index (χ2v) is 4.45. The van der Waals surface area contributed by atoms with Gasteiger partial charge in [-0.2, -0.15) is 5.10 Å². The highest BCUT2D eigenvalue weighted by Crippen LogP contribution is 2.23. The average Bonchev–Trinajstić information content (AvgIpc) is 2.93. The predicted molar refractivity (Wildman–Crippen MR) is 78.3 cm³/mol. The van der Waals surface area contributed by atoms with Crippen molar-refractivity contribution in [3.63, 3.8) is 0 Å². The largest absolute Gasteiger partial charge is 0.508 e. The summed E-state index contributed by atoms with van der Waals surface area (Å²) in [6.45, 7) is 0.595. The van der Waals surface area contributed by atoms with Crippen molar-refractivity contribution in [2.24, 2.45) is 0 Å². The number of nitrogens with zero attached hydrogens (tertiary/aromatic N) is 2. The number of methoxy groups -OCH3 is 1. The number of phenols is 1. The number of benzene rings is 1. The highest BCUT2D eigenvalue weighted by Gasteiger charge is 2.06. The molecule has 0 fully saturated rings. The molecule has 2 aromatic rings. The summed E-state index contributed by atoms with van der Waals surface area (Å²) in [5, 5.41) is 19.5. The van der Waals surface area contributed by atoms with Crippen LogP contribution in [-0.2, 0) is 17.9 Å². The Kier molecular flexibility index (Phi) is 4.65. The first-order chi connectivity index (χ1) is 10.1. The molecule has 2 rings (SSSR count). The van der Waals surface area contributed by atoms with Crippen molar-refractivity contribution >= 4 is 11.6 Å². The van der Waals surface area contributed by atoms with Gasteiger partial charge in [-0.1, -0.05) is 0 Å². The third-order valence-electron chi connectivity index (χ3n) is 2.99. The predicted octanol–water partition coefficient (Wildman–Crippen LogP) is 0.955. The van der Waals surface area contributed by atoms with Crippen LogP contribution in [0.2, 0.25) is 0 Å². The first-order valence-electron chi connectivity index (χ1n) is 6.45. The summed E-state index contributed by atoms with van der Waals surface area (Å²) >= 11 is 0. The van der Waals surface area contributed by atoms with E-state index in [0.29, 0.717) is 17.9 Å². The van der Waals surface area contributed by atoms with Crippen LogP contribution in [0.3, 0.4) is 0 Å². The lowest BCUT2D eigenvalue weighted by Crippen LogP contribution is -2.23. The number of amides is 1. The fourth-order valence-electron chi connectivity index (χ4n) is 1.80. The summed E-state index contributed by atoms with van der Waals surface area (Å²) in [7, 11) is 3.16. The van der Waals surface area contributed by atoms with Crippen LogP contribution >= 0.6 is 0 Å². The van der Waals surface area contributed by atoms with E-state index in [-0.39, 0.29) is 18.2 Å². The normalized spacial score (nSPS) is 10.2. The summed E-state index contributed by atoms with van der Waals surface area (Å²) in [6, 6.07) is 5.04. The van der Waals surface area contributed by atoms with Crippen LogP contribution in [0.5, 0.6) is 11.5 Å². The van der Waals surface area contributed by atoms with Gasteiger partial charge in [0.2, 0.25) is 5.91 Å². The summed E-state index contributed by atoms with van der Waals surface area (Å²) in [5.41, 5.74) is 1.48. The number of hydrogen-bond acceptors (Lipinski definition) is 5. The van der Waals surface area contributed by atoms with E-state index in [1.807, 2.05) is 0 Å². The monoisotopic (exact) mass is 290 g/mol. The van der Waals surface area contributed by atoms with Gasteiger partial charge in [-0.25, -0.2) is 0 Å². The molecule has 0 aliphatic rings. The summed E-state index contributed by atoms with van der Waals surface area (Å²) in [4.78, 5) is 11.2. The van der Waals surface area contributed by atoms with Crippen molar-refractivity contribution in [1.82, 2.24) is 15.1 Å². The minimum absolute atomic E-state index is 0.116. The molecule has 1 heterocycles. The maximum Gasteiger partial charge on any atom is 0.241 e. The fourth-order valence-corrected chi connectivity index (χ4v) is 1.80. The minimum atomic E-state index is -0.116. The van der Waals surface area contributed by atoms with Crippen LogP contribution < -0.4 is 15.4 Å². The van der Waals surface area contributed by atoms with E-state index in [1.165, 1.54) is 4.68 Å². The van der Waals surface area contributed by atoms with Gasteiger partial charge in [0.1, 0.15) is 18.0 Å². The molecule has 7 heteroatoms. The highest BCUT2D eigenvalue weighted by molar-refractivity contribution is 5.75. The van der Waals surface area contributed by atoms with Crippen molar-refractivity contribution in [3.8, 4) is 11.5 Å². The Morgan fingerprint density at radius 1 is 1.48 bits per heavy atom. The van der Waals surface area contributed by atoms with Gasteiger partial charge >= 0.3 is 0 Å². The quantitative estimate of drug-likeness (QED) is 0.737. The first-order valence-corrected chi connectivity index (χ1v) is 6.45.